The predicted molar refractivity (Wildman–Crippen MR) is 60.1 cm³/mol. The minimum absolute atomic E-state index is 0.219. The number of rotatable bonds is 2. The Labute approximate surface area is 93.7 Å². The summed E-state index contributed by atoms with van der Waals surface area (Å²) in [5.41, 5.74) is 0.574. The number of alkyl halides is 1. The maximum absolute atomic E-state index is 13.3. The summed E-state index contributed by atoms with van der Waals surface area (Å²) in [6.07, 6.45) is 1.77. The molecule has 0 unspecified atom stereocenters. The van der Waals surface area contributed by atoms with E-state index in [2.05, 4.69) is 20.9 Å². The summed E-state index contributed by atoms with van der Waals surface area (Å²) >= 11 is 4.84. The van der Waals surface area contributed by atoms with Crippen molar-refractivity contribution in [3.8, 4) is 10.6 Å². The monoisotopic (exact) mass is 271 g/mol. The molecule has 0 saturated heterocycles. The van der Waals surface area contributed by atoms with Crippen LogP contribution >= 0.6 is 27.3 Å². The number of benzene rings is 1. The number of thiazole rings is 1. The highest BCUT2D eigenvalue weighted by molar-refractivity contribution is 9.08. The molecule has 0 aliphatic heterocycles. The van der Waals surface area contributed by atoms with E-state index in [1.165, 1.54) is 17.4 Å². The molecule has 0 saturated carbocycles. The Balaban J connectivity index is 2.44. The van der Waals surface area contributed by atoms with E-state index >= 15 is 0 Å². The Bertz CT molecular complexity index is 441. The fourth-order valence-electron chi connectivity index (χ4n) is 1.13. The van der Waals surface area contributed by atoms with Crippen molar-refractivity contribution in [2.45, 2.75) is 5.33 Å². The van der Waals surface area contributed by atoms with Crippen molar-refractivity contribution in [2.24, 2.45) is 0 Å². The molecule has 1 aromatic carbocycles. The third kappa shape index (κ3) is 1.86. The second-order valence-electron chi connectivity index (χ2n) is 2.75. The molecule has 4 heteroatoms. The third-order valence-electron chi connectivity index (χ3n) is 1.79. The molecule has 2 rings (SSSR count). The summed E-state index contributed by atoms with van der Waals surface area (Å²) in [6.45, 7) is 0. The number of hydrogen-bond acceptors (Lipinski definition) is 2. The maximum Gasteiger partial charge on any atom is 0.133 e. The molecule has 0 atom stereocenters. The normalized spacial score (nSPS) is 10.4. The van der Waals surface area contributed by atoms with Crippen LogP contribution in [-0.2, 0) is 5.33 Å². The molecule has 0 aliphatic carbocycles. The SMILES string of the molecule is Fc1ccccc1-c1ncc(CBr)s1. The van der Waals surface area contributed by atoms with Gasteiger partial charge in [-0.2, -0.15) is 0 Å². The third-order valence-corrected chi connectivity index (χ3v) is 3.80. The van der Waals surface area contributed by atoms with Gasteiger partial charge >= 0.3 is 0 Å². The van der Waals surface area contributed by atoms with Crippen LogP contribution in [-0.4, -0.2) is 4.98 Å². The first kappa shape index (κ1) is 9.80. The first-order chi connectivity index (χ1) is 6.81. The highest BCUT2D eigenvalue weighted by Gasteiger charge is 2.07. The van der Waals surface area contributed by atoms with E-state index in [9.17, 15) is 4.39 Å². The smallest absolute Gasteiger partial charge is 0.133 e. The van der Waals surface area contributed by atoms with Crippen LogP contribution in [0.3, 0.4) is 0 Å². The van der Waals surface area contributed by atoms with E-state index in [0.717, 1.165) is 15.2 Å². The lowest BCUT2D eigenvalue weighted by Gasteiger charge is -1.96. The van der Waals surface area contributed by atoms with E-state index in [1.807, 2.05) is 6.07 Å². The van der Waals surface area contributed by atoms with Crippen molar-refractivity contribution in [1.82, 2.24) is 4.98 Å². The van der Waals surface area contributed by atoms with Crippen molar-refractivity contribution in [2.75, 3.05) is 0 Å². The van der Waals surface area contributed by atoms with Crippen LogP contribution in [0, 0.1) is 5.82 Å². The molecule has 1 heterocycles. The second kappa shape index (κ2) is 4.19. The highest BCUT2D eigenvalue weighted by Crippen LogP contribution is 2.27. The molecule has 2 aromatic rings. The molecular formula is C10H7BrFNS. The van der Waals surface area contributed by atoms with Crippen molar-refractivity contribution in [3.63, 3.8) is 0 Å². The first-order valence-corrected chi connectivity index (χ1v) is 6.00. The average molecular weight is 272 g/mol. The van der Waals surface area contributed by atoms with Crippen LogP contribution < -0.4 is 0 Å². The summed E-state index contributed by atoms with van der Waals surface area (Å²) in [7, 11) is 0. The lowest BCUT2D eigenvalue weighted by atomic mass is 10.2. The van der Waals surface area contributed by atoms with Gasteiger partial charge in [0, 0.05) is 22.0 Å². The number of aromatic nitrogens is 1. The fraction of sp³-hybridized carbons (Fsp3) is 0.100. The summed E-state index contributed by atoms with van der Waals surface area (Å²) in [5.74, 6) is -0.219. The molecular weight excluding hydrogens is 265 g/mol. The van der Waals surface area contributed by atoms with Crippen LogP contribution in [0.2, 0.25) is 0 Å². The molecule has 72 valence electrons. The Kier molecular flexibility index (Phi) is 2.93. The van der Waals surface area contributed by atoms with Gasteiger partial charge in [-0.3, -0.25) is 0 Å². The zero-order valence-corrected chi connectivity index (χ0v) is 9.61. The minimum atomic E-state index is -0.219. The van der Waals surface area contributed by atoms with Crippen LogP contribution in [0.5, 0.6) is 0 Å². The van der Waals surface area contributed by atoms with Crippen LogP contribution in [0.15, 0.2) is 30.5 Å². The lowest BCUT2D eigenvalue weighted by Crippen LogP contribution is -1.80. The Morgan fingerprint density at radius 2 is 2.14 bits per heavy atom. The van der Waals surface area contributed by atoms with Crippen LogP contribution in [0.1, 0.15) is 4.88 Å². The van der Waals surface area contributed by atoms with Crippen LogP contribution in [0.4, 0.5) is 4.39 Å². The van der Waals surface area contributed by atoms with Gasteiger partial charge in [0.1, 0.15) is 10.8 Å². The first-order valence-electron chi connectivity index (χ1n) is 4.07. The average Bonchev–Trinajstić information content (AvgIpc) is 2.67. The van der Waals surface area contributed by atoms with Gasteiger partial charge in [-0.15, -0.1) is 11.3 Å². The van der Waals surface area contributed by atoms with Gasteiger partial charge in [0.25, 0.3) is 0 Å². The van der Waals surface area contributed by atoms with E-state index in [0.29, 0.717) is 5.56 Å². The number of halogens is 2. The van der Waals surface area contributed by atoms with Crippen molar-refractivity contribution < 1.29 is 4.39 Å². The van der Waals surface area contributed by atoms with Gasteiger partial charge in [0.05, 0.1) is 0 Å². The van der Waals surface area contributed by atoms with Crippen LogP contribution in [0.25, 0.3) is 10.6 Å². The number of nitrogens with zero attached hydrogens (tertiary/aromatic N) is 1. The van der Waals surface area contributed by atoms with Gasteiger partial charge in [0.2, 0.25) is 0 Å². The quantitative estimate of drug-likeness (QED) is 0.757. The van der Waals surface area contributed by atoms with Gasteiger partial charge in [-0.05, 0) is 12.1 Å². The second-order valence-corrected chi connectivity index (χ2v) is 4.42. The molecule has 0 fully saturated rings. The predicted octanol–water partition coefficient (Wildman–Crippen LogP) is 3.84. The number of hydrogen-bond donors (Lipinski definition) is 0. The summed E-state index contributed by atoms with van der Waals surface area (Å²) in [6, 6.07) is 6.68. The summed E-state index contributed by atoms with van der Waals surface area (Å²) in [4.78, 5) is 5.27. The largest absolute Gasteiger partial charge is 0.244 e. The van der Waals surface area contributed by atoms with E-state index in [1.54, 1.807) is 18.3 Å². The Hall–Kier alpha value is -0.740. The van der Waals surface area contributed by atoms with E-state index in [4.69, 9.17) is 0 Å². The zero-order chi connectivity index (χ0) is 9.97. The Morgan fingerprint density at radius 3 is 2.79 bits per heavy atom. The molecule has 0 bridgehead atoms. The molecule has 0 N–H and O–H groups in total. The zero-order valence-electron chi connectivity index (χ0n) is 7.21. The summed E-state index contributed by atoms with van der Waals surface area (Å²) in [5, 5.41) is 1.50. The molecule has 1 aromatic heterocycles. The molecule has 0 amide bonds. The van der Waals surface area contributed by atoms with Crippen molar-refractivity contribution in [1.29, 1.82) is 0 Å². The Morgan fingerprint density at radius 1 is 1.36 bits per heavy atom. The van der Waals surface area contributed by atoms with Gasteiger partial charge in [-0.25, -0.2) is 9.37 Å². The molecule has 14 heavy (non-hydrogen) atoms. The standard InChI is InChI=1S/C10H7BrFNS/c11-5-7-6-13-10(14-7)8-3-1-2-4-9(8)12/h1-4,6H,5H2. The molecule has 0 radical (unpaired) electrons. The fourth-order valence-corrected chi connectivity index (χ4v) is 2.41. The van der Waals surface area contributed by atoms with Crippen molar-refractivity contribution in [3.05, 3.63) is 41.2 Å². The molecule has 0 spiro atoms. The van der Waals surface area contributed by atoms with Gasteiger partial charge < -0.3 is 0 Å². The minimum Gasteiger partial charge on any atom is -0.244 e. The highest BCUT2D eigenvalue weighted by atomic mass is 79.9. The summed E-state index contributed by atoms with van der Waals surface area (Å²) < 4.78 is 13.3. The topological polar surface area (TPSA) is 12.9 Å². The van der Waals surface area contributed by atoms with Gasteiger partial charge in [0.15, 0.2) is 0 Å². The van der Waals surface area contributed by atoms with E-state index in [-0.39, 0.29) is 5.82 Å². The molecule has 1 nitrogen and oxygen atoms in total. The lowest BCUT2D eigenvalue weighted by molar-refractivity contribution is 0.631. The van der Waals surface area contributed by atoms with Crippen molar-refractivity contribution >= 4 is 27.3 Å². The maximum atomic E-state index is 13.3. The van der Waals surface area contributed by atoms with E-state index < -0.39 is 0 Å². The van der Waals surface area contributed by atoms with Gasteiger partial charge in [-0.1, -0.05) is 28.1 Å². The molecule has 0 aliphatic rings.